The van der Waals surface area contributed by atoms with Crippen molar-refractivity contribution in [2.45, 2.75) is 63.1 Å². The summed E-state index contributed by atoms with van der Waals surface area (Å²) in [6, 6.07) is 32.8. The fourth-order valence-corrected chi connectivity index (χ4v) is 6.97. The Morgan fingerprint density at radius 1 is 0.436 bits per heavy atom. The molecule has 6 rings (SSSR count). The van der Waals surface area contributed by atoms with Gasteiger partial charge in [-0.05, 0) is 155 Å². The number of halogens is 10. The highest BCUT2D eigenvalue weighted by Crippen LogP contribution is 2.40. The molecule has 0 spiro atoms. The van der Waals surface area contributed by atoms with Crippen LogP contribution in [-0.4, -0.2) is 61.3 Å². The van der Waals surface area contributed by atoms with Crippen LogP contribution < -0.4 is 30.4 Å². The molecule has 0 unspecified atom stereocenters. The molecule has 4 N–H and O–H groups in total. The molecular weight excluding hydrogens is 1050 g/mol. The first-order valence-corrected chi connectivity index (χ1v) is 23.3. The molecule has 0 aliphatic heterocycles. The molecule has 0 saturated heterocycles. The molecule has 0 saturated carbocycles. The predicted molar refractivity (Wildman–Crippen MR) is 266 cm³/mol. The lowest BCUT2D eigenvalue weighted by Crippen LogP contribution is -2.36. The van der Waals surface area contributed by atoms with Crippen LogP contribution in [-0.2, 0) is 32.3 Å². The zero-order valence-corrected chi connectivity index (χ0v) is 40.7. The van der Waals surface area contributed by atoms with Crippen LogP contribution in [0.1, 0.15) is 68.7 Å². The lowest BCUT2D eigenvalue weighted by Gasteiger charge is -2.19. The second kappa shape index (κ2) is 25.8. The van der Waals surface area contributed by atoms with Crippen LogP contribution in [0.2, 0.25) is 0 Å². The van der Waals surface area contributed by atoms with E-state index in [0.717, 1.165) is 0 Å². The summed E-state index contributed by atoms with van der Waals surface area (Å²) in [6.07, 6.45) is -9.97. The fraction of sp³-hybridized carbons (Fsp3) is 0.214. The highest BCUT2D eigenvalue weighted by Gasteiger charge is 2.57. The molecule has 0 heterocycles. The predicted octanol–water partition coefficient (Wildman–Crippen LogP) is 13.2. The molecule has 22 heteroatoms. The van der Waals surface area contributed by atoms with Crippen LogP contribution >= 0.6 is 0 Å². The Morgan fingerprint density at radius 3 is 1.10 bits per heavy atom. The molecule has 12 nitrogen and oxygen atoms in total. The van der Waals surface area contributed by atoms with Crippen molar-refractivity contribution in [2.24, 2.45) is 0 Å². The number of esters is 4. The van der Waals surface area contributed by atoms with Crippen molar-refractivity contribution in [2.75, 3.05) is 24.7 Å². The van der Waals surface area contributed by atoms with Crippen LogP contribution in [0.5, 0.6) is 23.0 Å². The quantitative estimate of drug-likeness (QED) is 0.0155. The van der Waals surface area contributed by atoms with Gasteiger partial charge in [0.2, 0.25) is 0 Å². The van der Waals surface area contributed by atoms with E-state index in [1.807, 2.05) is 0 Å². The lowest BCUT2D eigenvalue weighted by molar-refractivity contribution is -0.284. The van der Waals surface area contributed by atoms with Gasteiger partial charge in [0, 0.05) is 36.4 Å². The third-order valence-corrected chi connectivity index (χ3v) is 11.1. The molecule has 0 aromatic heterocycles. The van der Waals surface area contributed by atoms with E-state index in [9.17, 15) is 63.1 Å². The number of benzene rings is 6. The molecule has 410 valence electrons. The van der Waals surface area contributed by atoms with E-state index in [4.69, 9.17) is 39.9 Å². The number of carbonyl (C=O) groups is 4. The van der Waals surface area contributed by atoms with Crippen molar-refractivity contribution in [1.29, 1.82) is 0 Å². The van der Waals surface area contributed by atoms with Gasteiger partial charge < -0.3 is 39.9 Å². The fourth-order valence-electron chi connectivity index (χ4n) is 6.97. The first kappa shape index (κ1) is 58.4. The molecule has 78 heavy (non-hydrogen) atoms. The van der Waals surface area contributed by atoms with E-state index in [1.165, 1.54) is 97.1 Å². The summed E-state index contributed by atoms with van der Waals surface area (Å²) in [5, 5.41) is 0. The number of alkyl halides is 10. The summed E-state index contributed by atoms with van der Waals surface area (Å²) in [5.41, 5.74) is 16.5. The number of hydrogen-bond donors (Lipinski definition) is 2. The maximum Gasteiger partial charge on any atom is 0.453 e. The van der Waals surface area contributed by atoms with Crippen LogP contribution in [0, 0.1) is 0 Å². The monoisotopic (exact) mass is 1100 g/mol. The minimum atomic E-state index is -5.65. The number of hydrogen-bond acceptors (Lipinski definition) is 12. The highest BCUT2D eigenvalue weighted by atomic mass is 19.4. The van der Waals surface area contributed by atoms with Gasteiger partial charge in [0.15, 0.2) is 0 Å². The zero-order chi connectivity index (χ0) is 56.7. The van der Waals surface area contributed by atoms with Crippen molar-refractivity contribution < 1.29 is 91.5 Å². The molecule has 0 fully saturated rings. The molecule has 0 bridgehead atoms. The Balaban J connectivity index is 0.956. The summed E-state index contributed by atoms with van der Waals surface area (Å²) in [6.45, 7) is -1.23. The van der Waals surface area contributed by atoms with Gasteiger partial charge in [0.05, 0.1) is 24.3 Å². The average molecular weight is 1100 g/mol. The van der Waals surface area contributed by atoms with E-state index < -0.39 is 87.0 Å². The molecule has 6 aromatic rings. The molecule has 0 atom stereocenters. The van der Waals surface area contributed by atoms with Crippen molar-refractivity contribution in [3.05, 3.63) is 179 Å². The molecule has 0 radical (unpaired) electrons. The topological polar surface area (TPSA) is 176 Å². The molecular formula is C56H46F10N2O10. The second-order valence-corrected chi connectivity index (χ2v) is 17.0. The summed E-state index contributed by atoms with van der Waals surface area (Å²) < 4.78 is 159. The minimum absolute atomic E-state index is 0.0997. The Kier molecular flexibility index (Phi) is 19.3. The third-order valence-electron chi connectivity index (χ3n) is 11.1. The van der Waals surface area contributed by atoms with E-state index >= 15 is 0 Å². The first-order valence-electron chi connectivity index (χ1n) is 23.3. The van der Waals surface area contributed by atoms with Gasteiger partial charge in [-0.1, -0.05) is 36.4 Å². The maximum atomic E-state index is 13.1. The summed E-state index contributed by atoms with van der Waals surface area (Å²) in [5.74, 6) is -12.0. The zero-order valence-electron chi connectivity index (χ0n) is 40.7. The van der Waals surface area contributed by atoms with E-state index in [1.54, 1.807) is 60.7 Å². The normalized spacial score (nSPS) is 12.1. The van der Waals surface area contributed by atoms with Crippen LogP contribution in [0.3, 0.4) is 0 Å². The summed E-state index contributed by atoms with van der Waals surface area (Å²) >= 11 is 0. The molecule has 0 aliphatic carbocycles. The number of carbonyl (C=O) groups excluding carboxylic acids is 4. The number of rotatable bonds is 23. The van der Waals surface area contributed by atoms with Gasteiger partial charge in [0.1, 0.15) is 36.2 Å². The van der Waals surface area contributed by atoms with Crippen molar-refractivity contribution in [1.82, 2.24) is 0 Å². The van der Waals surface area contributed by atoms with Crippen LogP contribution in [0.4, 0.5) is 55.3 Å². The Bertz CT molecular complexity index is 2880. The highest BCUT2D eigenvalue weighted by molar-refractivity contribution is 5.92. The molecule has 0 amide bonds. The standard InChI is InChI=1S/C56H46F10N2O10/c57-53(58,55(61,62)63)27-1-29-73-43-19-9-37(10-20-43)51(71)77-45-15-3-35(4-16-45)7-25-49(69)75-33-39-31-41(67)13-23-47(39)48-24-14-42(68)32-40(48)34-76-50(70)26-8-36-5-17-46(18-6-36)78-52(72)38-11-21-44(22-12-38)74-30-2-28-54(59,60)56(64,65)66/h3-26,31-32H,1-2,27-30,33-34,67-68H2/b25-7+,26-8+. The van der Waals surface area contributed by atoms with E-state index in [2.05, 4.69) is 0 Å². The lowest BCUT2D eigenvalue weighted by atomic mass is 9.95. The van der Waals surface area contributed by atoms with E-state index in [-0.39, 0.29) is 47.3 Å². The van der Waals surface area contributed by atoms with Gasteiger partial charge in [0.25, 0.3) is 0 Å². The third kappa shape index (κ3) is 17.1. The van der Waals surface area contributed by atoms with Gasteiger partial charge in [-0.25, -0.2) is 19.2 Å². The van der Waals surface area contributed by atoms with Gasteiger partial charge >= 0.3 is 48.1 Å². The minimum Gasteiger partial charge on any atom is -0.494 e. The number of nitrogen functional groups attached to an aromatic ring is 2. The smallest absolute Gasteiger partial charge is 0.453 e. The van der Waals surface area contributed by atoms with Crippen LogP contribution in [0.25, 0.3) is 23.3 Å². The Hall–Kier alpha value is -8.82. The first-order chi connectivity index (χ1) is 36.9. The van der Waals surface area contributed by atoms with Gasteiger partial charge in [-0.3, -0.25) is 0 Å². The van der Waals surface area contributed by atoms with E-state index in [0.29, 0.717) is 44.8 Å². The van der Waals surface area contributed by atoms with Crippen molar-refractivity contribution in [3.63, 3.8) is 0 Å². The second-order valence-electron chi connectivity index (χ2n) is 17.0. The largest absolute Gasteiger partial charge is 0.494 e. The van der Waals surface area contributed by atoms with Crippen molar-refractivity contribution in [3.8, 4) is 34.1 Å². The van der Waals surface area contributed by atoms with Gasteiger partial charge in [-0.2, -0.15) is 43.9 Å². The van der Waals surface area contributed by atoms with Crippen molar-refractivity contribution >= 4 is 47.4 Å². The summed E-state index contributed by atoms with van der Waals surface area (Å²) in [7, 11) is 0. The Morgan fingerprint density at radius 2 is 0.769 bits per heavy atom. The number of nitrogens with two attached hydrogens (primary N) is 2. The maximum absolute atomic E-state index is 13.1. The molecule has 0 aliphatic rings. The SMILES string of the molecule is Nc1ccc(-c2ccc(N)cc2COC(=O)/C=C/c2ccc(OC(=O)c3ccc(OCCCC(F)(F)C(F)(F)F)cc3)cc2)c(COC(=O)/C=C/c2ccc(OC(=O)c3ccc(OCCCC(F)(F)C(F)(F)F)cc3)cc2)c1. The summed E-state index contributed by atoms with van der Waals surface area (Å²) in [4.78, 5) is 51.1. The number of anilines is 2. The molecule has 6 aromatic carbocycles. The van der Waals surface area contributed by atoms with Gasteiger partial charge in [-0.15, -0.1) is 0 Å². The van der Waals surface area contributed by atoms with Crippen LogP contribution in [0.15, 0.2) is 146 Å². The average Bonchev–Trinajstić information content (AvgIpc) is 3.41. The number of ether oxygens (including phenoxy) is 6. The Labute approximate surface area is 438 Å².